The Morgan fingerprint density at radius 3 is 1.85 bits per heavy atom. The van der Waals surface area contributed by atoms with E-state index in [0.717, 1.165) is 12.8 Å². The molecule has 0 nitrogen and oxygen atoms in total. The molecule has 2 aliphatic carbocycles. The smallest absolute Gasteiger partial charge is 0.0253 e. The molecule has 0 saturated carbocycles. The second-order valence-corrected chi connectivity index (χ2v) is 9.72. The summed E-state index contributed by atoms with van der Waals surface area (Å²) >= 11 is 1.46. The summed E-state index contributed by atoms with van der Waals surface area (Å²) in [6, 6.07) is 39.2. The van der Waals surface area contributed by atoms with Gasteiger partial charge < -0.3 is 0 Å². The van der Waals surface area contributed by atoms with Gasteiger partial charge in [0.15, 0.2) is 0 Å². The fourth-order valence-corrected chi connectivity index (χ4v) is 4.81. The van der Waals surface area contributed by atoms with Crippen molar-refractivity contribution in [3.05, 3.63) is 155 Å². The summed E-state index contributed by atoms with van der Waals surface area (Å²) in [5, 5.41) is 0. The van der Waals surface area contributed by atoms with Gasteiger partial charge in [-0.3, -0.25) is 6.08 Å². The Bertz CT molecular complexity index is 1230. The summed E-state index contributed by atoms with van der Waals surface area (Å²) < 4.78 is 1.42. The van der Waals surface area contributed by atoms with E-state index >= 15 is 0 Å². The van der Waals surface area contributed by atoms with Crippen molar-refractivity contribution in [3.63, 3.8) is 0 Å². The van der Waals surface area contributed by atoms with Crippen LogP contribution in [0.4, 0.5) is 0 Å². The van der Waals surface area contributed by atoms with Crippen molar-refractivity contribution in [2.24, 2.45) is 0 Å². The van der Waals surface area contributed by atoms with E-state index in [-0.39, 0.29) is 0 Å². The van der Waals surface area contributed by atoms with Crippen LogP contribution in [-0.2, 0) is 30.7 Å². The maximum absolute atomic E-state index is 3.30. The van der Waals surface area contributed by atoms with Gasteiger partial charge in [0.05, 0.1) is 0 Å². The van der Waals surface area contributed by atoms with Crippen LogP contribution in [0.25, 0.3) is 11.1 Å². The monoisotopic (exact) mass is 514 g/mol. The molecule has 4 aromatic rings. The zero-order chi connectivity index (χ0) is 23.8. The molecule has 0 saturated heterocycles. The van der Waals surface area contributed by atoms with E-state index in [1.807, 2.05) is 6.07 Å². The van der Waals surface area contributed by atoms with E-state index in [1.165, 1.54) is 72.0 Å². The number of fused-ring (bicyclic) bond motifs is 3. The first kappa shape index (κ1) is 24.2. The van der Waals surface area contributed by atoms with Crippen molar-refractivity contribution in [2.45, 2.75) is 26.7 Å². The minimum absolute atomic E-state index is 1.05. The predicted octanol–water partition coefficient (Wildman–Crippen LogP) is 7.95. The Kier molecular flexibility index (Phi) is 8.56. The Balaban J connectivity index is 0.000000128. The molecule has 0 aliphatic heterocycles. The van der Waals surface area contributed by atoms with Crippen LogP contribution < -0.4 is 0 Å². The first-order valence-electron chi connectivity index (χ1n) is 11.6. The molecule has 2 aliphatic rings. The molecule has 0 unspecified atom stereocenters. The third-order valence-corrected chi connectivity index (χ3v) is 7.52. The van der Waals surface area contributed by atoms with Gasteiger partial charge in [0.2, 0.25) is 0 Å². The molecule has 0 fully saturated rings. The largest absolute Gasteiger partial charge is 0.179 e. The Hall–Kier alpha value is -2.89. The van der Waals surface area contributed by atoms with Crippen molar-refractivity contribution in [3.8, 4) is 11.1 Å². The van der Waals surface area contributed by atoms with E-state index in [0.29, 0.717) is 0 Å². The Morgan fingerprint density at radius 1 is 0.706 bits per heavy atom. The predicted molar refractivity (Wildman–Crippen MR) is 140 cm³/mol. The van der Waals surface area contributed by atoms with Gasteiger partial charge >= 0.3 is 99.2 Å². The third kappa shape index (κ3) is 6.16. The summed E-state index contributed by atoms with van der Waals surface area (Å²) in [5.74, 6) is 0. The van der Waals surface area contributed by atoms with Crippen LogP contribution in [-0.4, -0.2) is 3.21 Å². The number of rotatable bonds is 2. The van der Waals surface area contributed by atoms with E-state index in [2.05, 4.69) is 129 Å². The van der Waals surface area contributed by atoms with Crippen LogP contribution in [0.15, 0.2) is 120 Å². The van der Waals surface area contributed by atoms with Gasteiger partial charge in [-0.25, -0.2) is 11.6 Å². The van der Waals surface area contributed by atoms with E-state index in [1.54, 1.807) is 0 Å². The van der Waals surface area contributed by atoms with Crippen LogP contribution in [0.5, 0.6) is 0 Å². The van der Waals surface area contributed by atoms with Crippen molar-refractivity contribution in [1.29, 1.82) is 0 Å². The minimum Gasteiger partial charge on any atom is -0.179 e. The molecule has 0 spiro atoms. The van der Waals surface area contributed by atoms with Gasteiger partial charge in [-0.15, -0.1) is 18.9 Å². The van der Waals surface area contributed by atoms with Crippen LogP contribution in [0.2, 0.25) is 0 Å². The fourth-order valence-electron chi connectivity index (χ4n) is 3.99. The SMILES string of the molecule is CC1=C(C)C[C-]=C1.[Zr+2]=[C](c1ccccc1)c1ccccc1.[c-]1cccc2c1Cc1ccccc1-2. The first-order chi connectivity index (χ1) is 16.6. The summed E-state index contributed by atoms with van der Waals surface area (Å²) in [6.07, 6.45) is 7.27. The van der Waals surface area contributed by atoms with Crippen molar-refractivity contribution in [1.82, 2.24) is 0 Å². The van der Waals surface area contributed by atoms with E-state index in [9.17, 15) is 0 Å². The van der Waals surface area contributed by atoms with Gasteiger partial charge in [-0.05, 0) is 6.42 Å². The molecule has 0 radical (unpaired) electrons. The molecule has 1 heteroatoms. The molecule has 6 rings (SSSR count). The van der Waals surface area contributed by atoms with Crippen LogP contribution >= 0.6 is 0 Å². The van der Waals surface area contributed by atoms with Crippen LogP contribution in [0, 0.1) is 12.1 Å². The topological polar surface area (TPSA) is 0 Å². The normalized spacial score (nSPS) is 12.7. The Morgan fingerprint density at radius 2 is 1.29 bits per heavy atom. The van der Waals surface area contributed by atoms with E-state index in [4.69, 9.17) is 0 Å². The zero-order valence-electron chi connectivity index (χ0n) is 19.8. The van der Waals surface area contributed by atoms with E-state index < -0.39 is 0 Å². The second-order valence-electron chi connectivity index (χ2n) is 8.49. The quantitative estimate of drug-likeness (QED) is 0.209. The molecule has 0 aromatic heterocycles. The fraction of sp³-hybridized carbons (Fsp3) is 0.121. The van der Waals surface area contributed by atoms with Crippen molar-refractivity contribution >= 4 is 3.21 Å². The first-order valence-corrected chi connectivity index (χ1v) is 12.9. The molecule has 0 heterocycles. The molecule has 0 amide bonds. The number of hydrogen-bond donors (Lipinski definition) is 0. The summed E-state index contributed by atoms with van der Waals surface area (Å²) in [5.41, 5.74) is 11.0. The molecule has 34 heavy (non-hydrogen) atoms. The van der Waals surface area contributed by atoms with Crippen LogP contribution in [0.3, 0.4) is 0 Å². The molecule has 0 N–H and O–H groups in total. The summed E-state index contributed by atoms with van der Waals surface area (Å²) in [7, 11) is 0. The zero-order valence-corrected chi connectivity index (χ0v) is 22.3. The molecular weight excluding hydrogens is 488 g/mol. The summed E-state index contributed by atoms with van der Waals surface area (Å²) in [4.78, 5) is 0. The van der Waals surface area contributed by atoms with Gasteiger partial charge in [-0.1, -0.05) is 42.3 Å². The maximum Gasteiger partial charge on any atom is -0.0253 e. The molecular formula is C33H28Zr. The standard InChI is InChI=1S/C13H9.C13H10.C7H9.Zr/c1-3-7-12-10(5-1)9-11-6-2-4-8-13(11)12;1-3-7-12(8-4-1)11-13-9-5-2-6-10-13;1-6-4-3-5-7(6)2;/h1-5,7-8H,9H2;1-10H;4H,5H2,1-2H3;/q-1;;-1;+2. The number of benzene rings is 4. The molecule has 164 valence electrons. The molecule has 0 bridgehead atoms. The maximum atomic E-state index is 3.30. The van der Waals surface area contributed by atoms with Crippen molar-refractivity contribution in [2.75, 3.05) is 0 Å². The van der Waals surface area contributed by atoms with Gasteiger partial charge in [0.1, 0.15) is 0 Å². The minimum atomic E-state index is 1.05. The molecule has 0 atom stereocenters. The van der Waals surface area contributed by atoms with Gasteiger partial charge in [0, 0.05) is 0 Å². The third-order valence-electron chi connectivity index (χ3n) is 6.10. The second kappa shape index (κ2) is 12.0. The van der Waals surface area contributed by atoms with Gasteiger partial charge in [0.25, 0.3) is 0 Å². The number of hydrogen-bond acceptors (Lipinski definition) is 0. The number of allylic oxidation sites excluding steroid dienone is 4. The average Bonchev–Trinajstić information content (AvgIpc) is 3.47. The Labute approximate surface area is 219 Å². The summed E-state index contributed by atoms with van der Waals surface area (Å²) in [6.45, 7) is 4.27. The van der Waals surface area contributed by atoms with Crippen LogP contribution in [0.1, 0.15) is 42.5 Å². The average molecular weight is 516 g/mol. The van der Waals surface area contributed by atoms with Gasteiger partial charge in [-0.2, -0.15) is 35.4 Å². The molecule has 4 aromatic carbocycles. The van der Waals surface area contributed by atoms with Crippen molar-refractivity contribution < 1.29 is 24.2 Å².